The van der Waals surface area contributed by atoms with E-state index in [4.69, 9.17) is 4.74 Å². The number of rotatable bonds is 6. The van der Waals surface area contributed by atoms with E-state index in [0.29, 0.717) is 26.2 Å². The molecular formula is C17H23N3O4. The van der Waals surface area contributed by atoms with Gasteiger partial charge < -0.3 is 14.7 Å². The molecule has 2 unspecified atom stereocenters. The fraction of sp³-hybridized carbons (Fsp3) is 0.588. The molecule has 1 N–H and O–H groups in total. The Labute approximate surface area is 141 Å². The van der Waals surface area contributed by atoms with Crippen LogP contribution in [0.2, 0.25) is 0 Å². The van der Waals surface area contributed by atoms with Gasteiger partial charge in [-0.1, -0.05) is 6.07 Å². The van der Waals surface area contributed by atoms with Crippen molar-refractivity contribution in [2.75, 3.05) is 26.2 Å². The summed E-state index contributed by atoms with van der Waals surface area (Å²) in [5.41, 5.74) is 0.980. The van der Waals surface area contributed by atoms with Crippen molar-refractivity contribution in [2.24, 2.45) is 0 Å². The Kier molecular flexibility index (Phi) is 5.42. The molecule has 2 aliphatic rings. The van der Waals surface area contributed by atoms with Gasteiger partial charge in [0.25, 0.3) is 0 Å². The lowest BCUT2D eigenvalue weighted by Gasteiger charge is -2.40. The predicted molar refractivity (Wildman–Crippen MR) is 86.2 cm³/mol. The number of carboxylic acid groups (broad SMARTS) is 1. The van der Waals surface area contributed by atoms with Crippen LogP contribution >= 0.6 is 0 Å². The van der Waals surface area contributed by atoms with Gasteiger partial charge in [-0.15, -0.1) is 0 Å². The highest BCUT2D eigenvalue weighted by molar-refractivity contribution is 5.86. The zero-order valence-electron chi connectivity index (χ0n) is 13.6. The zero-order chi connectivity index (χ0) is 16.9. The summed E-state index contributed by atoms with van der Waals surface area (Å²) in [6.07, 6.45) is 5.35. The van der Waals surface area contributed by atoms with E-state index in [1.54, 1.807) is 17.3 Å². The molecule has 0 aliphatic carbocycles. The van der Waals surface area contributed by atoms with Gasteiger partial charge in [0, 0.05) is 45.2 Å². The third-order valence-electron chi connectivity index (χ3n) is 4.62. The number of amides is 1. The lowest BCUT2D eigenvalue weighted by Crippen LogP contribution is -2.58. The monoisotopic (exact) mass is 333 g/mol. The van der Waals surface area contributed by atoms with Crippen LogP contribution in [-0.2, 0) is 20.9 Å². The molecule has 3 rings (SSSR count). The smallest absolute Gasteiger partial charge is 0.305 e. The second kappa shape index (κ2) is 7.72. The summed E-state index contributed by atoms with van der Waals surface area (Å²) in [4.78, 5) is 31.8. The maximum absolute atomic E-state index is 12.8. The van der Waals surface area contributed by atoms with Crippen molar-refractivity contribution < 1.29 is 19.4 Å². The quantitative estimate of drug-likeness (QED) is 0.827. The van der Waals surface area contributed by atoms with Crippen molar-refractivity contribution in [3.8, 4) is 0 Å². The number of ether oxygens (including phenoxy) is 1. The molecule has 1 aromatic rings. The Morgan fingerprint density at radius 3 is 2.96 bits per heavy atom. The first-order valence-corrected chi connectivity index (χ1v) is 8.38. The maximum Gasteiger partial charge on any atom is 0.305 e. The van der Waals surface area contributed by atoms with Crippen LogP contribution in [0.15, 0.2) is 24.5 Å². The molecule has 7 heteroatoms. The lowest BCUT2D eigenvalue weighted by molar-refractivity contribution is -0.150. The van der Waals surface area contributed by atoms with Crippen LogP contribution in [0, 0.1) is 0 Å². The fourth-order valence-corrected chi connectivity index (χ4v) is 3.39. The average Bonchev–Trinajstić information content (AvgIpc) is 3.07. The van der Waals surface area contributed by atoms with Crippen molar-refractivity contribution in [3.05, 3.63) is 30.1 Å². The second-order valence-corrected chi connectivity index (χ2v) is 6.36. The third-order valence-corrected chi connectivity index (χ3v) is 4.62. The van der Waals surface area contributed by atoms with E-state index in [0.717, 1.165) is 25.0 Å². The molecule has 130 valence electrons. The molecule has 1 aromatic heterocycles. The van der Waals surface area contributed by atoms with Crippen LogP contribution in [0.4, 0.5) is 0 Å². The van der Waals surface area contributed by atoms with E-state index in [9.17, 15) is 14.7 Å². The van der Waals surface area contributed by atoms with Crippen LogP contribution in [-0.4, -0.2) is 70.2 Å². The minimum absolute atomic E-state index is 0.0873. The summed E-state index contributed by atoms with van der Waals surface area (Å²) in [7, 11) is 0. The summed E-state index contributed by atoms with van der Waals surface area (Å²) >= 11 is 0. The Hall–Kier alpha value is -1.99. The normalized spacial score (nSPS) is 25.2. The van der Waals surface area contributed by atoms with E-state index >= 15 is 0 Å². The fourth-order valence-electron chi connectivity index (χ4n) is 3.39. The molecule has 0 spiro atoms. The third kappa shape index (κ3) is 4.10. The van der Waals surface area contributed by atoms with Crippen LogP contribution in [0.25, 0.3) is 0 Å². The largest absolute Gasteiger partial charge is 0.481 e. The number of hydrogen-bond acceptors (Lipinski definition) is 5. The molecule has 0 radical (unpaired) electrons. The molecule has 7 nitrogen and oxygen atoms in total. The molecule has 24 heavy (non-hydrogen) atoms. The summed E-state index contributed by atoms with van der Waals surface area (Å²) < 4.78 is 5.61. The number of aliphatic carboxylic acids is 1. The summed E-state index contributed by atoms with van der Waals surface area (Å²) in [5, 5.41) is 9.20. The molecule has 1 amide bonds. The summed E-state index contributed by atoms with van der Waals surface area (Å²) in [6, 6.07) is 3.16. The Morgan fingerprint density at radius 2 is 2.29 bits per heavy atom. The van der Waals surface area contributed by atoms with Gasteiger partial charge in [-0.05, 0) is 24.5 Å². The molecule has 0 saturated carbocycles. The van der Waals surface area contributed by atoms with Crippen LogP contribution in [0.5, 0.6) is 0 Å². The number of piperazine rings is 1. The molecule has 0 bridgehead atoms. The lowest BCUT2D eigenvalue weighted by atomic mass is 10.1. The standard InChI is InChI=1S/C17H23N3O4/c21-16(22)9-15-17(23)20(12-14-4-2-8-24-14)7-6-19(15)11-13-3-1-5-18-10-13/h1,3,5,10,14-15H,2,4,6-9,11-12H2,(H,21,22). The average molecular weight is 333 g/mol. The zero-order valence-corrected chi connectivity index (χ0v) is 13.6. The topological polar surface area (TPSA) is 83.0 Å². The van der Waals surface area contributed by atoms with E-state index in [-0.39, 0.29) is 18.4 Å². The number of carboxylic acids is 1. The molecule has 2 aliphatic heterocycles. The van der Waals surface area contributed by atoms with Crippen molar-refractivity contribution in [3.63, 3.8) is 0 Å². The molecule has 2 fully saturated rings. The molecule has 3 heterocycles. The summed E-state index contributed by atoms with van der Waals surface area (Å²) in [5.74, 6) is -1.06. The number of aromatic nitrogens is 1. The van der Waals surface area contributed by atoms with E-state index < -0.39 is 12.0 Å². The SMILES string of the molecule is O=C(O)CC1C(=O)N(CC2CCCO2)CCN1Cc1cccnc1. The highest BCUT2D eigenvalue weighted by Gasteiger charge is 2.37. The molecular weight excluding hydrogens is 310 g/mol. The van der Waals surface area contributed by atoms with E-state index in [2.05, 4.69) is 4.98 Å². The Balaban J connectivity index is 1.68. The van der Waals surface area contributed by atoms with Gasteiger partial charge in [-0.2, -0.15) is 0 Å². The van der Waals surface area contributed by atoms with Crippen molar-refractivity contribution >= 4 is 11.9 Å². The van der Waals surface area contributed by atoms with Crippen molar-refractivity contribution in [1.82, 2.24) is 14.8 Å². The number of hydrogen-bond donors (Lipinski definition) is 1. The van der Waals surface area contributed by atoms with Crippen LogP contribution in [0.1, 0.15) is 24.8 Å². The highest BCUT2D eigenvalue weighted by Crippen LogP contribution is 2.20. The first kappa shape index (κ1) is 16.9. The van der Waals surface area contributed by atoms with Gasteiger partial charge >= 0.3 is 5.97 Å². The number of nitrogens with zero attached hydrogens (tertiary/aromatic N) is 3. The molecule has 2 saturated heterocycles. The van der Waals surface area contributed by atoms with E-state index in [1.165, 1.54) is 0 Å². The van der Waals surface area contributed by atoms with Gasteiger partial charge in [0.1, 0.15) is 6.04 Å². The predicted octanol–water partition coefficient (Wildman–Crippen LogP) is 0.748. The summed E-state index contributed by atoms with van der Waals surface area (Å²) in [6.45, 7) is 3.11. The number of carbonyl (C=O) groups is 2. The second-order valence-electron chi connectivity index (χ2n) is 6.36. The Bertz CT molecular complexity index is 574. The van der Waals surface area contributed by atoms with Crippen molar-refractivity contribution in [1.29, 1.82) is 0 Å². The minimum Gasteiger partial charge on any atom is -0.481 e. The molecule has 2 atom stereocenters. The highest BCUT2D eigenvalue weighted by atomic mass is 16.5. The van der Waals surface area contributed by atoms with Crippen LogP contribution in [0.3, 0.4) is 0 Å². The maximum atomic E-state index is 12.8. The number of pyridine rings is 1. The van der Waals surface area contributed by atoms with Crippen molar-refractivity contribution in [2.45, 2.75) is 38.0 Å². The first-order chi connectivity index (χ1) is 11.6. The van der Waals surface area contributed by atoms with Gasteiger partial charge in [0.2, 0.25) is 5.91 Å². The van der Waals surface area contributed by atoms with Crippen LogP contribution < -0.4 is 0 Å². The van der Waals surface area contributed by atoms with Gasteiger partial charge in [-0.3, -0.25) is 19.5 Å². The minimum atomic E-state index is -0.955. The number of carbonyl (C=O) groups excluding carboxylic acids is 1. The van der Waals surface area contributed by atoms with Gasteiger partial charge in [0.05, 0.1) is 12.5 Å². The molecule has 0 aromatic carbocycles. The van der Waals surface area contributed by atoms with Gasteiger partial charge in [-0.25, -0.2) is 0 Å². The Morgan fingerprint density at radius 1 is 1.42 bits per heavy atom. The van der Waals surface area contributed by atoms with E-state index in [1.807, 2.05) is 17.0 Å². The first-order valence-electron chi connectivity index (χ1n) is 8.38. The van der Waals surface area contributed by atoms with Gasteiger partial charge in [0.15, 0.2) is 0 Å².